The molecular weight excluding hydrogens is 328 g/mol. The number of piperidine rings is 1. The van der Waals surface area contributed by atoms with Crippen LogP contribution in [0.25, 0.3) is 0 Å². The summed E-state index contributed by atoms with van der Waals surface area (Å²) >= 11 is 0. The lowest BCUT2D eigenvalue weighted by molar-refractivity contribution is 0.0718. The summed E-state index contributed by atoms with van der Waals surface area (Å²) in [7, 11) is 0. The van der Waals surface area contributed by atoms with Gasteiger partial charge in [-0.15, -0.1) is 0 Å². The molecule has 2 heterocycles. The molecule has 1 fully saturated rings. The largest absolute Gasteiger partial charge is 0.337 e. The number of hydrogen-bond acceptors (Lipinski definition) is 3. The lowest BCUT2D eigenvalue weighted by Gasteiger charge is -2.26. The van der Waals surface area contributed by atoms with Gasteiger partial charge < -0.3 is 10.2 Å². The van der Waals surface area contributed by atoms with Crippen LogP contribution in [0.15, 0.2) is 36.4 Å². The number of aromatic nitrogens is 1. The van der Waals surface area contributed by atoms with Crippen molar-refractivity contribution in [1.29, 1.82) is 0 Å². The zero-order valence-corrected chi connectivity index (χ0v) is 13.5. The van der Waals surface area contributed by atoms with Crippen molar-refractivity contribution in [1.82, 2.24) is 9.88 Å². The molecule has 1 aromatic heterocycles. The quantitative estimate of drug-likeness (QED) is 0.929. The first-order valence-electron chi connectivity index (χ1n) is 8.07. The molecule has 0 atom stereocenters. The molecule has 0 bridgehead atoms. The van der Waals surface area contributed by atoms with E-state index in [-0.39, 0.29) is 23.0 Å². The molecule has 3 rings (SSSR count). The van der Waals surface area contributed by atoms with Gasteiger partial charge in [0.15, 0.2) is 11.6 Å². The smallest absolute Gasteiger partial charge is 0.274 e. The Labute approximate surface area is 143 Å². The number of amides is 2. The van der Waals surface area contributed by atoms with Gasteiger partial charge in [-0.2, -0.15) is 0 Å². The second-order valence-electron chi connectivity index (χ2n) is 5.84. The Morgan fingerprint density at radius 3 is 2.40 bits per heavy atom. The van der Waals surface area contributed by atoms with Gasteiger partial charge in [-0.05, 0) is 43.5 Å². The van der Waals surface area contributed by atoms with Gasteiger partial charge in [0.25, 0.3) is 11.8 Å². The number of hydrogen-bond donors (Lipinski definition) is 1. The standard InChI is InChI=1S/C18H17F2N3O2/c19-13-8-7-12(11-14(13)20)21-17(24)15-5-4-6-16(22-15)18(25)23-9-2-1-3-10-23/h4-8,11H,1-3,9-10H2,(H,21,24). The van der Waals surface area contributed by atoms with Gasteiger partial charge in [-0.1, -0.05) is 6.07 Å². The molecule has 130 valence electrons. The van der Waals surface area contributed by atoms with Crippen molar-refractivity contribution in [3.63, 3.8) is 0 Å². The average molecular weight is 345 g/mol. The molecule has 0 saturated carbocycles. The molecule has 7 heteroatoms. The summed E-state index contributed by atoms with van der Waals surface area (Å²) in [5.74, 6) is -2.86. The highest BCUT2D eigenvalue weighted by molar-refractivity contribution is 6.03. The fourth-order valence-corrected chi connectivity index (χ4v) is 2.71. The average Bonchev–Trinajstić information content (AvgIpc) is 2.65. The van der Waals surface area contributed by atoms with Crippen LogP contribution >= 0.6 is 0 Å². The minimum atomic E-state index is -1.06. The van der Waals surface area contributed by atoms with E-state index < -0.39 is 17.5 Å². The Morgan fingerprint density at radius 1 is 0.960 bits per heavy atom. The third kappa shape index (κ3) is 3.99. The van der Waals surface area contributed by atoms with E-state index in [0.717, 1.165) is 31.4 Å². The molecule has 25 heavy (non-hydrogen) atoms. The minimum Gasteiger partial charge on any atom is -0.337 e. The third-order valence-corrected chi connectivity index (χ3v) is 4.02. The topological polar surface area (TPSA) is 62.3 Å². The van der Waals surface area contributed by atoms with Crippen LogP contribution < -0.4 is 5.32 Å². The normalized spacial score (nSPS) is 14.2. The first-order chi connectivity index (χ1) is 12.0. The second kappa shape index (κ2) is 7.38. The summed E-state index contributed by atoms with van der Waals surface area (Å²) < 4.78 is 26.2. The zero-order chi connectivity index (χ0) is 17.8. The van der Waals surface area contributed by atoms with Crippen LogP contribution in [-0.4, -0.2) is 34.8 Å². The Balaban J connectivity index is 1.74. The second-order valence-corrected chi connectivity index (χ2v) is 5.84. The highest BCUT2D eigenvalue weighted by Crippen LogP contribution is 2.15. The van der Waals surface area contributed by atoms with Gasteiger partial charge in [0.05, 0.1) is 0 Å². The lowest BCUT2D eigenvalue weighted by Crippen LogP contribution is -2.36. The van der Waals surface area contributed by atoms with E-state index >= 15 is 0 Å². The minimum absolute atomic E-state index is 0.0348. The van der Waals surface area contributed by atoms with Crippen molar-refractivity contribution in [2.75, 3.05) is 18.4 Å². The maximum Gasteiger partial charge on any atom is 0.274 e. The number of nitrogens with zero attached hydrogens (tertiary/aromatic N) is 2. The third-order valence-electron chi connectivity index (χ3n) is 4.02. The Hall–Kier alpha value is -2.83. The van der Waals surface area contributed by atoms with Crippen LogP contribution in [0.5, 0.6) is 0 Å². The summed E-state index contributed by atoms with van der Waals surface area (Å²) in [5.41, 5.74) is 0.339. The van der Waals surface area contributed by atoms with E-state index in [1.165, 1.54) is 12.1 Å². The molecule has 1 aliphatic heterocycles. The van der Waals surface area contributed by atoms with Crippen molar-refractivity contribution in [2.24, 2.45) is 0 Å². The molecule has 0 radical (unpaired) electrons. The van der Waals surface area contributed by atoms with Crippen LogP contribution in [0, 0.1) is 11.6 Å². The van der Waals surface area contributed by atoms with Gasteiger partial charge in [0.1, 0.15) is 11.4 Å². The number of nitrogens with one attached hydrogen (secondary N) is 1. The Bertz CT molecular complexity index is 805. The molecule has 1 N–H and O–H groups in total. The number of halogens is 2. The zero-order valence-electron chi connectivity index (χ0n) is 13.5. The predicted octanol–water partition coefficient (Wildman–Crippen LogP) is 3.24. The molecule has 1 aromatic carbocycles. The van der Waals surface area contributed by atoms with E-state index in [4.69, 9.17) is 0 Å². The summed E-state index contributed by atoms with van der Waals surface area (Å²) in [6.45, 7) is 1.37. The van der Waals surface area contributed by atoms with Crippen molar-refractivity contribution >= 4 is 17.5 Å². The van der Waals surface area contributed by atoms with Crippen molar-refractivity contribution in [3.8, 4) is 0 Å². The molecule has 2 aromatic rings. The molecule has 1 saturated heterocycles. The van der Waals surface area contributed by atoms with E-state index in [1.54, 1.807) is 17.0 Å². The number of anilines is 1. The fraction of sp³-hybridized carbons (Fsp3) is 0.278. The van der Waals surface area contributed by atoms with Crippen LogP contribution in [0.1, 0.15) is 40.2 Å². The summed E-state index contributed by atoms with van der Waals surface area (Å²) in [6, 6.07) is 7.65. The first kappa shape index (κ1) is 17.0. The Morgan fingerprint density at radius 2 is 1.68 bits per heavy atom. The molecule has 5 nitrogen and oxygen atoms in total. The number of benzene rings is 1. The van der Waals surface area contributed by atoms with Gasteiger partial charge in [0.2, 0.25) is 0 Å². The van der Waals surface area contributed by atoms with Crippen LogP contribution in [-0.2, 0) is 0 Å². The highest BCUT2D eigenvalue weighted by Gasteiger charge is 2.20. The molecule has 0 aliphatic carbocycles. The SMILES string of the molecule is O=C(Nc1ccc(F)c(F)c1)c1cccc(C(=O)N2CCCCC2)n1. The summed E-state index contributed by atoms with van der Waals surface area (Å²) in [5, 5.41) is 2.44. The lowest BCUT2D eigenvalue weighted by atomic mass is 10.1. The van der Waals surface area contributed by atoms with Crippen LogP contribution in [0.2, 0.25) is 0 Å². The molecule has 1 aliphatic rings. The number of pyridine rings is 1. The van der Waals surface area contributed by atoms with Crippen molar-refractivity contribution in [2.45, 2.75) is 19.3 Å². The van der Waals surface area contributed by atoms with E-state index in [2.05, 4.69) is 10.3 Å². The summed E-state index contributed by atoms with van der Waals surface area (Å²) in [6.07, 6.45) is 3.03. The van der Waals surface area contributed by atoms with Gasteiger partial charge in [0, 0.05) is 24.8 Å². The van der Waals surface area contributed by atoms with E-state index in [9.17, 15) is 18.4 Å². The number of carbonyl (C=O) groups is 2. The number of carbonyl (C=O) groups excluding carboxylic acids is 2. The number of likely N-dealkylation sites (tertiary alicyclic amines) is 1. The van der Waals surface area contributed by atoms with Gasteiger partial charge >= 0.3 is 0 Å². The maximum absolute atomic E-state index is 13.2. The van der Waals surface area contributed by atoms with E-state index in [0.29, 0.717) is 13.1 Å². The van der Waals surface area contributed by atoms with Crippen LogP contribution in [0.3, 0.4) is 0 Å². The predicted molar refractivity (Wildman–Crippen MR) is 88.3 cm³/mol. The van der Waals surface area contributed by atoms with Gasteiger partial charge in [-0.3, -0.25) is 9.59 Å². The number of rotatable bonds is 3. The summed E-state index contributed by atoms with van der Waals surface area (Å²) in [4.78, 5) is 30.5. The van der Waals surface area contributed by atoms with Crippen molar-refractivity contribution < 1.29 is 18.4 Å². The molecule has 0 unspecified atom stereocenters. The molecular formula is C18H17F2N3O2. The Kier molecular flexibility index (Phi) is 5.02. The highest BCUT2D eigenvalue weighted by atomic mass is 19.2. The molecule has 2 amide bonds. The van der Waals surface area contributed by atoms with Crippen molar-refractivity contribution in [3.05, 3.63) is 59.4 Å². The fourth-order valence-electron chi connectivity index (χ4n) is 2.71. The monoisotopic (exact) mass is 345 g/mol. The van der Waals surface area contributed by atoms with Gasteiger partial charge in [-0.25, -0.2) is 13.8 Å². The van der Waals surface area contributed by atoms with Crippen LogP contribution in [0.4, 0.5) is 14.5 Å². The molecule has 0 spiro atoms. The first-order valence-corrected chi connectivity index (χ1v) is 8.07. The maximum atomic E-state index is 13.2. The van der Waals surface area contributed by atoms with E-state index in [1.807, 2.05) is 0 Å².